The van der Waals surface area contributed by atoms with E-state index in [2.05, 4.69) is 39.4 Å². The molecule has 2 unspecified atom stereocenters. The van der Waals surface area contributed by atoms with E-state index in [1.54, 1.807) is 13.1 Å². The van der Waals surface area contributed by atoms with Gasteiger partial charge in [-0.25, -0.2) is 0 Å². The number of halogens is 3. The Balaban J connectivity index is 1.71. The molecule has 170 valence electrons. The standard InChI is InChI=1S/C22H36F3N5/c1-17(16-30-12-10-29(4)11-13-30)15-28-21(26-3)27-9-8-18(2)19-6-5-7-20(14-19)22(23,24)25/h5-7,14,17-18H,8-13,15-16H2,1-4H3,(H2,26,27,28). The Labute approximate surface area is 178 Å². The van der Waals surface area contributed by atoms with Crippen molar-refractivity contribution in [3.8, 4) is 0 Å². The van der Waals surface area contributed by atoms with E-state index in [0.717, 1.165) is 57.7 Å². The zero-order valence-corrected chi connectivity index (χ0v) is 18.6. The molecular formula is C22H36F3N5. The lowest BCUT2D eigenvalue weighted by Crippen LogP contribution is -2.47. The van der Waals surface area contributed by atoms with Crippen LogP contribution in [0.1, 0.15) is 37.3 Å². The molecule has 1 fully saturated rings. The molecule has 0 aromatic heterocycles. The minimum Gasteiger partial charge on any atom is -0.356 e. The Kier molecular flexibility index (Phi) is 9.42. The van der Waals surface area contributed by atoms with Gasteiger partial charge >= 0.3 is 6.18 Å². The maximum Gasteiger partial charge on any atom is 0.416 e. The third kappa shape index (κ3) is 8.14. The van der Waals surface area contributed by atoms with Crippen molar-refractivity contribution < 1.29 is 13.2 Å². The molecule has 1 heterocycles. The van der Waals surface area contributed by atoms with Gasteiger partial charge in [-0.05, 0) is 36.9 Å². The summed E-state index contributed by atoms with van der Waals surface area (Å²) in [5.74, 6) is 1.25. The quantitative estimate of drug-likeness (QED) is 0.494. The molecule has 0 bridgehead atoms. The minimum atomic E-state index is -4.30. The van der Waals surface area contributed by atoms with Crippen LogP contribution in [0, 0.1) is 5.92 Å². The van der Waals surface area contributed by atoms with Crippen molar-refractivity contribution in [2.75, 3.05) is 59.9 Å². The van der Waals surface area contributed by atoms with Gasteiger partial charge in [0.1, 0.15) is 0 Å². The van der Waals surface area contributed by atoms with Crippen molar-refractivity contribution in [3.63, 3.8) is 0 Å². The first kappa shape index (κ1) is 24.5. The Morgan fingerprint density at radius 1 is 1.13 bits per heavy atom. The zero-order chi connectivity index (χ0) is 22.1. The third-order valence-electron chi connectivity index (χ3n) is 5.66. The van der Waals surface area contributed by atoms with E-state index >= 15 is 0 Å². The third-order valence-corrected chi connectivity index (χ3v) is 5.66. The molecule has 0 amide bonds. The summed E-state index contributed by atoms with van der Waals surface area (Å²) in [6.45, 7) is 11.2. The first-order valence-electron chi connectivity index (χ1n) is 10.7. The van der Waals surface area contributed by atoms with Gasteiger partial charge < -0.3 is 20.4 Å². The maximum atomic E-state index is 12.9. The summed E-state index contributed by atoms with van der Waals surface area (Å²) in [6, 6.07) is 5.60. The topological polar surface area (TPSA) is 42.9 Å². The molecule has 30 heavy (non-hydrogen) atoms. The summed E-state index contributed by atoms with van der Waals surface area (Å²) in [6.07, 6.45) is -3.58. The molecule has 2 atom stereocenters. The van der Waals surface area contributed by atoms with Crippen molar-refractivity contribution in [2.45, 2.75) is 32.4 Å². The lowest BCUT2D eigenvalue weighted by Gasteiger charge is -2.34. The lowest BCUT2D eigenvalue weighted by molar-refractivity contribution is -0.137. The van der Waals surface area contributed by atoms with Crippen molar-refractivity contribution in [2.24, 2.45) is 10.9 Å². The highest BCUT2D eigenvalue weighted by molar-refractivity contribution is 5.79. The van der Waals surface area contributed by atoms with Crippen LogP contribution in [0.25, 0.3) is 0 Å². The Bertz CT molecular complexity index is 669. The predicted molar refractivity (Wildman–Crippen MR) is 117 cm³/mol. The van der Waals surface area contributed by atoms with Crippen LogP contribution < -0.4 is 10.6 Å². The summed E-state index contributed by atoms with van der Waals surface area (Å²) in [7, 11) is 3.89. The molecule has 0 spiro atoms. The highest BCUT2D eigenvalue weighted by atomic mass is 19.4. The Hall–Kier alpha value is -1.80. The number of benzene rings is 1. The second-order valence-electron chi connectivity index (χ2n) is 8.40. The van der Waals surface area contributed by atoms with E-state index in [-0.39, 0.29) is 5.92 Å². The van der Waals surface area contributed by atoms with Crippen LogP contribution >= 0.6 is 0 Å². The number of alkyl halides is 3. The number of likely N-dealkylation sites (N-methyl/N-ethyl adjacent to an activating group) is 1. The van der Waals surface area contributed by atoms with E-state index in [9.17, 15) is 13.2 Å². The molecule has 0 saturated carbocycles. The molecule has 1 aliphatic rings. The lowest BCUT2D eigenvalue weighted by atomic mass is 9.96. The molecule has 1 aromatic carbocycles. The predicted octanol–water partition coefficient (Wildman–Crippen LogP) is 3.25. The molecule has 0 aliphatic carbocycles. The van der Waals surface area contributed by atoms with Gasteiger partial charge in [0, 0.05) is 52.9 Å². The Morgan fingerprint density at radius 3 is 2.47 bits per heavy atom. The van der Waals surface area contributed by atoms with Crippen LogP contribution in [-0.4, -0.2) is 75.7 Å². The van der Waals surface area contributed by atoms with Gasteiger partial charge in [0.25, 0.3) is 0 Å². The normalized spacial score (nSPS) is 18.8. The maximum absolute atomic E-state index is 12.9. The molecule has 5 nitrogen and oxygen atoms in total. The molecule has 1 aromatic rings. The van der Waals surface area contributed by atoms with Gasteiger partial charge in [0.05, 0.1) is 5.56 Å². The number of hydrogen-bond donors (Lipinski definition) is 2. The number of hydrogen-bond acceptors (Lipinski definition) is 3. The van der Waals surface area contributed by atoms with E-state index < -0.39 is 11.7 Å². The Morgan fingerprint density at radius 2 is 1.83 bits per heavy atom. The highest BCUT2D eigenvalue weighted by Gasteiger charge is 2.30. The fourth-order valence-corrected chi connectivity index (χ4v) is 3.62. The number of piperazine rings is 1. The van der Waals surface area contributed by atoms with Gasteiger partial charge in [-0.1, -0.05) is 32.0 Å². The van der Waals surface area contributed by atoms with Crippen LogP contribution in [-0.2, 0) is 6.18 Å². The van der Waals surface area contributed by atoms with Gasteiger partial charge in [-0.2, -0.15) is 13.2 Å². The molecule has 8 heteroatoms. The van der Waals surface area contributed by atoms with Crippen molar-refractivity contribution in [1.82, 2.24) is 20.4 Å². The van der Waals surface area contributed by atoms with Crippen LogP contribution in [0.4, 0.5) is 13.2 Å². The highest BCUT2D eigenvalue weighted by Crippen LogP contribution is 2.31. The minimum absolute atomic E-state index is 0.0223. The average molecular weight is 428 g/mol. The summed E-state index contributed by atoms with van der Waals surface area (Å²) in [4.78, 5) is 9.11. The second kappa shape index (κ2) is 11.6. The molecule has 0 radical (unpaired) electrons. The largest absolute Gasteiger partial charge is 0.416 e. The summed E-state index contributed by atoms with van der Waals surface area (Å²) < 4.78 is 38.7. The smallest absolute Gasteiger partial charge is 0.356 e. The average Bonchev–Trinajstić information content (AvgIpc) is 2.71. The number of guanidine groups is 1. The zero-order valence-electron chi connectivity index (χ0n) is 18.6. The summed E-state index contributed by atoms with van der Waals surface area (Å²) in [5, 5.41) is 6.64. The summed E-state index contributed by atoms with van der Waals surface area (Å²) in [5.41, 5.74) is 0.113. The fraction of sp³-hybridized carbons (Fsp3) is 0.682. The van der Waals surface area contributed by atoms with E-state index in [1.807, 2.05) is 6.92 Å². The van der Waals surface area contributed by atoms with E-state index in [1.165, 1.54) is 12.1 Å². The van der Waals surface area contributed by atoms with Gasteiger partial charge in [-0.15, -0.1) is 0 Å². The first-order valence-corrected chi connectivity index (χ1v) is 10.7. The van der Waals surface area contributed by atoms with Crippen molar-refractivity contribution in [1.29, 1.82) is 0 Å². The number of nitrogens with zero attached hydrogens (tertiary/aromatic N) is 3. The SMILES string of the molecule is CN=C(NCCC(C)c1cccc(C(F)(F)F)c1)NCC(C)CN1CCN(C)CC1. The van der Waals surface area contributed by atoms with Gasteiger partial charge in [0.15, 0.2) is 5.96 Å². The van der Waals surface area contributed by atoms with Gasteiger partial charge in [0.2, 0.25) is 0 Å². The molecule has 2 rings (SSSR count). The number of aliphatic imine (C=N–C) groups is 1. The fourth-order valence-electron chi connectivity index (χ4n) is 3.62. The van der Waals surface area contributed by atoms with Crippen molar-refractivity contribution >= 4 is 5.96 Å². The molecule has 1 saturated heterocycles. The summed E-state index contributed by atoms with van der Waals surface area (Å²) >= 11 is 0. The number of nitrogens with one attached hydrogen (secondary N) is 2. The van der Waals surface area contributed by atoms with Gasteiger partial charge in [-0.3, -0.25) is 4.99 Å². The monoisotopic (exact) mass is 427 g/mol. The van der Waals surface area contributed by atoms with Crippen molar-refractivity contribution in [3.05, 3.63) is 35.4 Å². The van der Waals surface area contributed by atoms with Crippen LogP contribution in [0.15, 0.2) is 29.3 Å². The van der Waals surface area contributed by atoms with E-state index in [4.69, 9.17) is 0 Å². The molecule has 1 aliphatic heterocycles. The first-order chi connectivity index (χ1) is 14.2. The van der Waals surface area contributed by atoms with Crippen LogP contribution in [0.3, 0.4) is 0 Å². The second-order valence-corrected chi connectivity index (χ2v) is 8.40. The molecular weight excluding hydrogens is 391 g/mol. The van der Waals surface area contributed by atoms with E-state index in [0.29, 0.717) is 18.0 Å². The van der Waals surface area contributed by atoms with Crippen LogP contribution in [0.5, 0.6) is 0 Å². The van der Waals surface area contributed by atoms with Crippen LogP contribution in [0.2, 0.25) is 0 Å². The number of rotatable bonds is 8. The molecule has 2 N–H and O–H groups in total.